The Morgan fingerprint density at radius 2 is 1.76 bits per heavy atom. The van der Waals surface area contributed by atoms with Crippen LogP contribution in [0.1, 0.15) is 38.7 Å². The third-order valence-electron chi connectivity index (χ3n) is 3.01. The van der Waals surface area contributed by atoms with Crippen LogP contribution in [-0.4, -0.2) is 15.9 Å². The van der Waals surface area contributed by atoms with Crippen LogP contribution < -0.4 is 0 Å². The van der Waals surface area contributed by atoms with Gasteiger partial charge in [0, 0.05) is 5.92 Å². The molecule has 0 saturated heterocycles. The third-order valence-corrected chi connectivity index (χ3v) is 3.90. The number of alkyl halides is 1. The standard InChI is InChI=1S/C14H17BrO2/c1-10(16)13(9-14(3,15)11(2)17)12-7-5-4-6-8-12/h4-8,13H,9H2,1-3H3. The maximum atomic E-state index is 11.7. The van der Waals surface area contributed by atoms with Gasteiger partial charge in [0.25, 0.3) is 0 Å². The minimum atomic E-state index is -0.640. The van der Waals surface area contributed by atoms with E-state index in [1.807, 2.05) is 37.3 Å². The number of ketones is 2. The lowest BCUT2D eigenvalue weighted by Crippen LogP contribution is -2.30. The number of benzene rings is 1. The first-order valence-corrected chi connectivity index (χ1v) is 6.39. The Morgan fingerprint density at radius 1 is 1.24 bits per heavy atom. The van der Waals surface area contributed by atoms with Gasteiger partial charge in [-0.3, -0.25) is 9.59 Å². The van der Waals surface area contributed by atoms with Crippen LogP contribution >= 0.6 is 15.9 Å². The van der Waals surface area contributed by atoms with E-state index in [4.69, 9.17) is 0 Å². The fraction of sp³-hybridized carbons (Fsp3) is 0.429. The maximum absolute atomic E-state index is 11.7. The molecule has 0 aliphatic carbocycles. The van der Waals surface area contributed by atoms with Crippen molar-refractivity contribution in [1.82, 2.24) is 0 Å². The molecule has 0 amide bonds. The molecule has 3 heteroatoms. The van der Waals surface area contributed by atoms with E-state index in [0.717, 1.165) is 5.56 Å². The second-order valence-corrected chi connectivity index (χ2v) is 6.28. The van der Waals surface area contributed by atoms with E-state index < -0.39 is 4.32 Å². The molecule has 0 spiro atoms. The van der Waals surface area contributed by atoms with Crippen LogP contribution in [0.25, 0.3) is 0 Å². The summed E-state index contributed by atoms with van der Waals surface area (Å²) in [4.78, 5) is 23.2. The molecule has 0 saturated carbocycles. The third kappa shape index (κ3) is 3.77. The molecule has 0 aromatic heterocycles. The molecule has 17 heavy (non-hydrogen) atoms. The van der Waals surface area contributed by atoms with Crippen LogP contribution in [0.5, 0.6) is 0 Å². The minimum Gasteiger partial charge on any atom is -0.299 e. The van der Waals surface area contributed by atoms with E-state index in [9.17, 15) is 9.59 Å². The first-order valence-electron chi connectivity index (χ1n) is 5.60. The molecule has 2 atom stereocenters. The van der Waals surface area contributed by atoms with Crippen molar-refractivity contribution in [2.75, 3.05) is 0 Å². The molecule has 92 valence electrons. The summed E-state index contributed by atoms with van der Waals surface area (Å²) >= 11 is 3.41. The predicted molar refractivity (Wildman–Crippen MR) is 72.5 cm³/mol. The van der Waals surface area contributed by atoms with Crippen molar-refractivity contribution in [2.24, 2.45) is 0 Å². The van der Waals surface area contributed by atoms with Gasteiger partial charge in [0.05, 0.1) is 4.32 Å². The van der Waals surface area contributed by atoms with Crippen LogP contribution in [0.15, 0.2) is 30.3 Å². The van der Waals surface area contributed by atoms with E-state index in [-0.39, 0.29) is 17.5 Å². The highest BCUT2D eigenvalue weighted by Gasteiger charge is 2.32. The second kappa shape index (κ2) is 5.58. The summed E-state index contributed by atoms with van der Waals surface area (Å²) in [7, 11) is 0. The van der Waals surface area contributed by atoms with Crippen LogP contribution in [0.2, 0.25) is 0 Å². The SMILES string of the molecule is CC(=O)C(CC(C)(Br)C(C)=O)c1ccccc1. The number of rotatable bonds is 5. The Hall–Kier alpha value is -0.960. The van der Waals surface area contributed by atoms with Gasteiger partial charge in [0.1, 0.15) is 11.6 Å². The van der Waals surface area contributed by atoms with Crippen molar-refractivity contribution < 1.29 is 9.59 Å². The fourth-order valence-corrected chi connectivity index (χ4v) is 2.03. The second-order valence-electron chi connectivity index (χ2n) is 4.53. The Morgan fingerprint density at radius 3 is 2.18 bits per heavy atom. The lowest BCUT2D eigenvalue weighted by molar-refractivity contribution is -0.120. The predicted octanol–water partition coefficient (Wildman–Crippen LogP) is 3.49. The van der Waals surface area contributed by atoms with E-state index in [2.05, 4.69) is 15.9 Å². The molecular formula is C14H17BrO2. The molecule has 0 bridgehead atoms. The zero-order valence-corrected chi connectivity index (χ0v) is 12.0. The van der Waals surface area contributed by atoms with Crippen LogP contribution in [0.4, 0.5) is 0 Å². The normalized spacial score (nSPS) is 16.0. The summed E-state index contributed by atoms with van der Waals surface area (Å²) in [6.45, 7) is 4.92. The molecule has 0 aliphatic rings. The first kappa shape index (κ1) is 14.1. The molecule has 2 nitrogen and oxygen atoms in total. The first-order chi connectivity index (χ1) is 7.84. The van der Waals surface area contributed by atoms with Crippen molar-refractivity contribution in [1.29, 1.82) is 0 Å². The number of hydrogen-bond acceptors (Lipinski definition) is 2. The van der Waals surface area contributed by atoms with Crippen LogP contribution in [0, 0.1) is 0 Å². The Labute approximate surface area is 111 Å². The molecule has 0 fully saturated rings. The quantitative estimate of drug-likeness (QED) is 0.780. The maximum Gasteiger partial charge on any atom is 0.146 e. The van der Waals surface area contributed by atoms with Gasteiger partial charge in [0.2, 0.25) is 0 Å². The molecular weight excluding hydrogens is 280 g/mol. The summed E-state index contributed by atoms with van der Waals surface area (Å²) < 4.78 is -0.640. The zero-order chi connectivity index (χ0) is 13.1. The van der Waals surface area contributed by atoms with E-state index in [1.165, 1.54) is 6.92 Å². The number of halogens is 1. The average Bonchev–Trinajstić information content (AvgIpc) is 2.26. The van der Waals surface area contributed by atoms with E-state index in [0.29, 0.717) is 6.42 Å². The van der Waals surface area contributed by atoms with Crippen LogP contribution in [0.3, 0.4) is 0 Å². The Balaban J connectivity index is 2.97. The fourth-order valence-electron chi connectivity index (χ4n) is 1.71. The van der Waals surface area contributed by atoms with Gasteiger partial charge in [0.15, 0.2) is 0 Å². The topological polar surface area (TPSA) is 34.1 Å². The van der Waals surface area contributed by atoms with E-state index >= 15 is 0 Å². The summed E-state index contributed by atoms with van der Waals surface area (Å²) in [5.74, 6) is -0.104. The average molecular weight is 297 g/mol. The molecule has 1 rings (SSSR count). The number of carbonyl (C=O) groups excluding carboxylic acids is 2. The molecule has 0 N–H and O–H groups in total. The van der Waals surface area contributed by atoms with Crippen molar-refractivity contribution in [3.63, 3.8) is 0 Å². The lowest BCUT2D eigenvalue weighted by atomic mass is 9.85. The molecule has 0 heterocycles. The van der Waals surface area contributed by atoms with Gasteiger partial charge in [-0.15, -0.1) is 0 Å². The van der Waals surface area contributed by atoms with Crippen LogP contribution in [-0.2, 0) is 9.59 Å². The summed E-state index contributed by atoms with van der Waals surface area (Å²) in [6, 6.07) is 9.58. The van der Waals surface area contributed by atoms with Crippen molar-refractivity contribution in [3.8, 4) is 0 Å². The van der Waals surface area contributed by atoms with Gasteiger partial charge >= 0.3 is 0 Å². The summed E-state index contributed by atoms with van der Waals surface area (Å²) in [5, 5.41) is 0. The lowest BCUT2D eigenvalue weighted by Gasteiger charge is -2.24. The summed E-state index contributed by atoms with van der Waals surface area (Å²) in [6.07, 6.45) is 0.488. The highest BCUT2D eigenvalue weighted by molar-refractivity contribution is 9.10. The Kier molecular flexibility index (Phi) is 4.63. The van der Waals surface area contributed by atoms with Crippen molar-refractivity contribution in [3.05, 3.63) is 35.9 Å². The number of hydrogen-bond donors (Lipinski definition) is 0. The van der Waals surface area contributed by atoms with Gasteiger partial charge in [-0.05, 0) is 32.8 Å². The van der Waals surface area contributed by atoms with Gasteiger partial charge < -0.3 is 0 Å². The number of Topliss-reactive ketones (excluding diaryl/α,β-unsaturated/α-hetero) is 2. The van der Waals surface area contributed by atoms with Gasteiger partial charge in [-0.25, -0.2) is 0 Å². The number of carbonyl (C=O) groups is 2. The van der Waals surface area contributed by atoms with E-state index in [1.54, 1.807) is 6.92 Å². The smallest absolute Gasteiger partial charge is 0.146 e. The molecule has 0 radical (unpaired) electrons. The molecule has 0 aliphatic heterocycles. The highest BCUT2D eigenvalue weighted by Crippen LogP contribution is 2.33. The summed E-state index contributed by atoms with van der Waals surface area (Å²) in [5.41, 5.74) is 0.965. The minimum absolute atomic E-state index is 0.0414. The molecule has 2 unspecified atom stereocenters. The zero-order valence-electron chi connectivity index (χ0n) is 10.4. The molecule has 1 aromatic rings. The van der Waals surface area contributed by atoms with Gasteiger partial charge in [-0.1, -0.05) is 46.3 Å². The Bertz CT molecular complexity index is 409. The highest BCUT2D eigenvalue weighted by atomic mass is 79.9. The monoisotopic (exact) mass is 296 g/mol. The van der Waals surface area contributed by atoms with Crippen molar-refractivity contribution in [2.45, 2.75) is 37.4 Å². The largest absolute Gasteiger partial charge is 0.299 e. The van der Waals surface area contributed by atoms with Gasteiger partial charge in [-0.2, -0.15) is 0 Å². The van der Waals surface area contributed by atoms with Crippen molar-refractivity contribution >= 4 is 27.5 Å². The molecule has 1 aromatic carbocycles.